The van der Waals surface area contributed by atoms with E-state index in [-0.39, 0.29) is 0 Å². The van der Waals surface area contributed by atoms with Gasteiger partial charge in [0.1, 0.15) is 5.82 Å². The second kappa shape index (κ2) is 4.63. The molecular weight excluding hydrogens is 270 g/mol. The number of H-pyrrole nitrogens is 1. The number of benzene rings is 2. The van der Waals surface area contributed by atoms with Crippen LogP contribution in [0.1, 0.15) is 11.4 Å². The normalized spacial score (nSPS) is 11.1. The van der Waals surface area contributed by atoms with E-state index in [1.807, 2.05) is 6.07 Å². The second-order valence-corrected chi connectivity index (χ2v) is 4.71. The van der Waals surface area contributed by atoms with Gasteiger partial charge in [-0.3, -0.25) is 0 Å². The number of halogens is 3. The maximum Gasteiger partial charge on any atom is 0.159 e. The van der Waals surface area contributed by atoms with Gasteiger partial charge in [0.25, 0.3) is 0 Å². The van der Waals surface area contributed by atoms with E-state index in [1.165, 1.54) is 6.07 Å². The first-order valence-electron chi connectivity index (χ1n) is 5.70. The molecule has 0 amide bonds. The van der Waals surface area contributed by atoms with E-state index < -0.39 is 11.6 Å². The molecule has 0 spiro atoms. The molecule has 0 aliphatic carbocycles. The van der Waals surface area contributed by atoms with Crippen molar-refractivity contribution in [2.24, 2.45) is 0 Å². The summed E-state index contributed by atoms with van der Waals surface area (Å²) >= 11 is 5.89. The van der Waals surface area contributed by atoms with Crippen LogP contribution in [0.15, 0.2) is 36.4 Å². The Labute approximate surface area is 113 Å². The quantitative estimate of drug-likeness (QED) is 0.751. The highest BCUT2D eigenvalue weighted by molar-refractivity contribution is 6.31. The zero-order valence-electron chi connectivity index (χ0n) is 9.75. The van der Waals surface area contributed by atoms with Gasteiger partial charge < -0.3 is 4.98 Å². The van der Waals surface area contributed by atoms with Gasteiger partial charge in [-0.2, -0.15) is 0 Å². The number of imidazole rings is 1. The van der Waals surface area contributed by atoms with Crippen LogP contribution < -0.4 is 0 Å². The molecule has 1 heterocycles. The Morgan fingerprint density at radius 1 is 1.05 bits per heavy atom. The Hall–Kier alpha value is -1.94. The molecule has 3 rings (SSSR count). The maximum absolute atomic E-state index is 13.1. The molecule has 96 valence electrons. The van der Waals surface area contributed by atoms with Crippen molar-refractivity contribution < 1.29 is 8.78 Å². The molecule has 0 bridgehead atoms. The SMILES string of the molecule is Fc1ccc(Cc2nc3ccc(Cl)cc3[nH]2)cc1F. The summed E-state index contributed by atoms with van der Waals surface area (Å²) in [6, 6.07) is 9.17. The van der Waals surface area contributed by atoms with Crippen molar-refractivity contribution >= 4 is 22.6 Å². The lowest BCUT2D eigenvalue weighted by Crippen LogP contribution is -1.93. The van der Waals surface area contributed by atoms with E-state index in [4.69, 9.17) is 11.6 Å². The molecule has 1 aromatic heterocycles. The molecule has 0 aliphatic heterocycles. The molecule has 0 unspecified atom stereocenters. The first kappa shape index (κ1) is 12.1. The minimum Gasteiger partial charge on any atom is -0.342 e. The van der Waals surface area contributed by atoms with Crippen LogP contribution in [0.4, 0.5) is 8.78 Å². The van der Waals surface area contributed by atoms with Crippen LogP contribution in [-0.4, -0.2) is 9.97 Å². The Morgan fingerprint density at radius 2 is 1.89 bits per heavy atom. The van der Waals surface area contributed by atoms with Gasteiger partial charge in [0, 0.05) is 11.4 Å². The Morgan fingerprint density at radius 3 is 2.68 bits per heavy atom. The average molecular weight is 279 g/mol. The van der Waals surface area contributed by atoms with E-state index in [2.05, 4.69) is 9.97 Å². The summed E-state index contributed by atoms with van der Waals surface area (Å²) in [6.07, 6.45) is 0.406. The molecule has 1 N–H and O–H groups in total. The summed E-state index contributed by atoms with van der Waals surface area (Å²) in [4.78, 5) is 7.48. The minimum atomic E-state index is -0.850. The van der Waals surface area contributed by atoms with Gasteiger partial charge in [0.2, 0.25) is 0 Å². The van der Waals surface area contributed by atoms with Crippen molar-refractivity contribution in [3.8, 4) is 0 Å². The molecule has 0 radical (unpaired) electrons. The van der Waals surface area contributed by atoms with E-state index in [9.17, 15) is 8.78 Å². The smallest absolute Gasteiger partial charge is 0.159 e. The lowest BCUT2D eigenvalue weighted by Gasteiger charge is -1.99. The number of fused-ring (bicyclic) bond motifs is 1. The summed E-state index contributed by atoms with van der Waals surface area (Å²) in [5, 5.41) is 0.621. The number of hydrogen-bond acceptors (Lipinski definition) is 1. The minimum absolute atomic E-state index is 0.406. The van der Waals surface area contributed by atoms with Crippen molar-refractivity contribution in [2.45, 2.75) is 6.42 Å². The fourth-order valence-corrected chi connectivity index (χ4v) is 2.13. The predicted molar refractivity (Wildman–Crippen MR) is 70.3 cm³/mol. The highest BCUT2D eigenvalue weighted by Crippen LogP contribution is 2.19. The zero-order valence-corrected chi connectivity index (χ0v) is 10.5. The van der Waals surface area contributed by atoms with Crippen LogP contribution in [0.25, 0.3) is 11.0 Å². The predicted octanol–water partition coefficient (Wildman–Crippen LogP) is 4.09. The van der Waals surface area contributed by atoms with Crippen LogP contribution in [0.5, 0.6) is 0 Å². The third-order valence-electron chi connectivity index (χ3n) is 2.85. The Bertz CT molecular complexity index is 752. The van der Waals surface area contributed by atoms with Gasteiger partial charge in [-0.05, 0) is 35.9 Å². The average Bonchev–Trinajstić information content (AvgIpc) is 2.75. The van der Waals surface area contributed by atoms with Gasteiger partial charge >= 0.3 is 0 Å². The highest BCUT2D eigenvalue weighted by atomic mass is 35.5. The number of nitrogens with zero attached hydrogens (tertiary/aromatic N) is 1. The maximum atomic E-state index is 13.1. The first-order valence-corrected chi connectivity index (χ1v) is 6.08. The summed E-state index contributed by atoms with van der Waals surface area (Å²) < 4.78 is 26.0. The van der Waals surface area contributed by atoms with Crippen LogP contribution >= 0.6 is 11.6 Å². The molecule has 0 saturated carbocycles. The molecular formula is C14H9ClF2N2. The van der Waals surface area contributed by atoms with Gasteiger partial charge in [0.15, 0.2) is 11.6 Å². The van der Waals surface area contributed by atoms with Gasteiger partial charge in [-0.15, -0.1) is 0 Å². The topological polar surface area (TPSA) is 28.7 Å². The first-order chi connectivity index (χ1) is 9.11. The van der Waals surface area contributed by atoms with Crippen molar-refractivity contribution in [2.75, 3.05) is 0 Å². The summed E-state index contributed by atoms with van der Waals surface area (Å²) in [7, 11) is 0. The largest absolute Gasteiger partial charge is 0.342 e. The summed E-state index contributed by atoms with van der Waals surface area (Å²) in [5.74, 6) is -1.01. The molecule has 2 aromatic carbocycles. The standard InChI is InChI=1S/C14H9ClF2N2/c15-9-2-4-12-13(7-9)19-14(18-12)6-8-1-3-10(16)11(17)5-8/h1-5,7H,6H2,(H,18,19). The van der Waals surface area contributed by atoms with Crippen LogP contribution in [0, 0.1) is 11.6 Å². The number of rotatable bonds is 2. The Kier molecular flexibility index (Phi) is 2.95. The van der Waals surface area contributed by atoms with Gasteiger partial charge in [-0.25, -0.2) is 13.8 Å². The fourth-order valence-electron chi connectivity index (χ4n) is 1.96. The van der Waals surface area contributed by atoms with Crippen molar-refractivity contribution in [3.63, 3.8) is 0 Å². The third-order valence-corrected chi connectivity index (χ3v) is 3.08. The van der Waals surface area contributed by atoms with E-state index in [0.717, 1.165) is 17.1 Å². The molecule has 2 nitrogen and oxygen atoms in total. The van der Waals surface area contributed by atoms with Crippen molar-refractivity contribution in [3.05, 3.63) is 64.4 Å². The molecule has 0 aliphatic rings. The van der Waals surface area contributed by atoms with Crippen LogP contribution in [-0.2, 0) is 6.42 Å². The lowest BCUT2D eigenvalue weighted by atomic mass is 10.1. The van der Waals surface area contributed by atoms with Crippen molar-refractivity contribution in [1.82, 2.24) is 9.97 Å². The lowest BCUT2D eigenvalue weighted by molar-refractivity contribution is 0.507. The molecule has 5 heteroatoms. The number of hydrogen-bond donors (Lipinski definition) is 1. The van der Waals surface area contributed by atoms with E-state index in [0.29, 0.717) is 22.8 Å². The van der Waals surface area contributed by atoms with Crippen LogP contribution in [0.3, 0.4) is 0 Å². The summed E-state index contributed by atoms with van der Waals surface area (Å²) in [6.45, 7) is 0. The second-order valence-electron chi connectivity index (χ2n) is 4.27. The van der Waals surface area contributed by atoms with E-state index in [1.54, 1.807) is 18.2 Å². The third kappa shape index (κ3) is 2.44. The van der Waals surface area contributed by atoms with Crippen LogP contribution in [0.2, 0.25) is 5.02 Å². The molecule has 0 fully saturated rings. The van der Waals surface area contributed by atoms with Crippen molar-refractivity contribution in [1.29, 1.82) is 0 Å². The van der Waals surface area contributed by atoms with Gasteiger partial charge in [0.05, 0.1) is 11.0 Å². The Balaban J connectivity index is 1.94. The monoisotopic (exact) mass is 278 g/mol. The number of nitrogens with one attached hydrogen (secondary N) is 1. The molecule has 0 saturated heterocycles. The number of aromatic nitrogens is 2. The number of aromatic amines is 1. The van der Waals surface area contributed by atoms with Gasteiger partial charge in [-0.1, -0.05) is 17.7 Å². The van der Waals surface area contributed by atoms with E-state index >= 15 is 0 Å². The summed E-state index contributed by atoms with van der Waals surface area (Å²) in [5.41, 5.74) is 2.27. The fraction of sp³-hybridized carbons (Fsp3) is 0.0714. The molecule has 3 aromatic rings. The molecule has 19 heavy (non-hydrogen) atoms. The molecule has 0 atom stereocenters. The zero-order chi connectivity index (χ0) is 13.4. The highest BCUT2D eigenvalue weighted by Gasteiger charge is 2.07.